The summed E-state index contributed by atoms with van der Waals surface area (Å²) in [4.78, 5) is 32.4. The van der Waals surface area contributed by atoms with Gasteiger partial charge in [0.2, 0.25) is 5.95 Å². The SMILES string of the molecule is COCCOCCNC1CCN(C(=O)c2ccc(Nc3ncc(F)c(-c4cc(F)c5nc(C)n(C(C)C)c5c4)n3)nc2C)CC1. The molecule has 0 spiro atoms. The number of pyridine rings is 1. The highest BCUT2D eigenvalue weighted by Gasteiger charge is 2.25. The van der Waals surface area contributed by atoms with Gasteiger partial charge < -0.3 is 29.6 Å². The Morgan fingerprint density at radius 3 is 2.53 bits per heavy atom. The Bertz CT molecular complexity index is 1650. The first kappa shape index (κ1) is 32.3. The summed E-state index contributed by atoms with van der Waals surface area (Å²) in [6, 6.07) is 6.68. The van der Waals surface area contributed by atoms with Gasteiger partial charge in [-0.15, -0.1) is 0 Å². The van der Waals surface area contributed by atoms with Crippen LogP contribution in [0.5, 0.6) is 0 Å². The minimum Gasteiger partial charge on any atom is -0.382 e. The third kappa shape index (κ3) is 7.43. The van der Waals surface area contributed by atoms with Crippen molar-refractivity contribution in [1.82, 2.24) is 34.7 Å². The molecule has 0 saturated carbocycles. The number of hydrogen-bond donors (Lipinski definition) is 2. The van der Waals surface area contributed by atoms with Crippen molar-refractivity contribution in [2.75, 3.05) is 51.9 Å². The highest BCUT2D eigenvalue weighted by atomic mass is 19.1. The fraction of sp³-hybridized carbons (Fsp3) is 0.469. The van der Waals surface area contributed by atoms with Gasteiger partial charge >= 0.3 is 0 Å². The molecule has 2 N–H and O–H groups in total. The zero-order valence-corrected chi connectivity index (χ0v) is 26.4. The molecule has 0 radical (unpaired) electrons. The van der Waals surface area contributed by atoms with E-state index in [-0.39, 0.29) is 34.7 Å². The summed E-state index contributed by atoms with van der Waals surface area (Å²) in [5.41, 5.74) is 2.07. The van der Waals surface area contributed by atoms with E-state index in [0.29, 0.717) is 67.4 Å². The molecular formula is C32H40F2N8O3. The fourth-order valence-electron chi connectivity index (χ4n) is 5.70. The number of likely N-dealkylation sites (tertiary alicyclic amines) is 1. The van der Waals surface area contributed by atoms with Gasteiger partial charge in [0.15, 0.2) is 11.6 Å². The lowest BCUT2D eigenvalue weighted by Crippen LogP contribution is -2.45. The lowest BCUT2D eigenvalue weighted by Gasteiger charge is -2.32. The largest absolute Gasteiger partial charge is 0.382 e. The number of anilines is 2. The number of aromatic nitrogens is 5. The molecule has 1 aromatic carbocycles. The van der Waals surface area contributed by atoms with Gasteiger partial charge in [0, 0.05) is 44.4 Å². The molecule has 1 aliphatic heterocycles. The van der Waals surface area contributed by atoms with Crippen molar-refractivity contribution in [2.45, 2.75) is 52.6 Å². The Balaban J connectivity index is 1.24. The van der Waals surface area contributed by atoms with Crippen LogP contribution < -0.4 is 10.6 Å². The lowest BCUT2D eigenvalue weighted by molar-refractivity contribution is 0.0654. The second-order valence-electron chi connectivity index (χ2n) is 11.4. The zero-order chi connectivity index (χ0) is 32.1. The van der Waals surface area contributed by atoms with Crippen LogP contribution in [0.3, 0.4) is 0 Å². The zero-order valence-electron chi connectivity index (χ0n) is 26.4. The van der Waals surface area contributed by atoms with E-state index < -0.39 is 11.6 Å². The number of fused-ring (bicyclic) bond motifs is 1. The number of nitrogens with zero attached hydrogens (tertiary/aromatic N) is 6. The number of ether oxygens (including phenoxy) is 2. The van der Waals surface area contributed by atoms with E-state index in [9.17, 15) is 9.18 Å². The number of piperidine rings is 1. The van der Waals surface area contributed by atoms with Crippen molar-refractivity contribution >= 4 is 28.7 Å². The van der Waals surface area contributed by atoms with Crippen molar-refractivity contribution in [2.24, 2.45) is 0 Å². The summed E-state index contributed by atoms with van der Waals surface area (Å²) in [5.74, 6) is -0.161. The van der Waals surface area contributed by atoms with Gasteiger partial charge in [-0.1, -0.05) is 0 Å². The van der Waals surface area contributed by atoms with Crippen molar-refractivity contribution in [1.29, 1.82) is 0 Å². The summed E-state index contributed by atoms with van der Waals surface area (Å²) in [5, 5.41) is 6.49. The number of carbonyl (C=O) groups excluding carboxylic acids is 1. The molecule has 0 bridgehead atoms. The van der Waals surface area contributed by atoms with Gasteiger partial charge in [-0.25, -0.2) is 28.7 Å². The first-order chi connectivity index (χ1) is 21.7. The van der Waals surface area contributed by atoms with Crippen LogP contribution >= 0.6 is 0 Å². The molecule has 3 aromatic heterocycles. The van der Waals surface area contributed by atoms with Gasteiger partial charge in [-0.05, 0) is 64.8 Å². The van der Waals surface area contributed by atoms with Crippen molar-refractivity contribution in [3.8, 4) is 11.3 Å². The van der Waals surface area contributed by atoms with Crippen LogP contribution in [0, 0.1) is 25.5 Å². The summed E-state index contributed by atoms with van der Waals surface area (Å²) in [7, 11) is 1.65. The molecule has 0 atom stereocenters. The number of methoxy groups -OCH3 is 1. The number of imidazole rings is 1. The molecule has 4 heterocycles. The minimum atomic E-state index is -0.689. The molecule has 0 aliphatic carbocycles. The number of halogens is 2. The molecule has 11 nitrogen and oxygen atoms in total. The van der Waals surface area contributed by atoms with Crippen LogP contribution in [0.2, 0.25) is 0 Å². The molecule has 1 fully saturated rings. The van der Waals surface area contributed by atoms with Crippen LogP contribution in [0.15, 0.2) is 30.5 Å². The maximum atomic E-state index is 15.1. The summed E-state index contributed by atoms with van der Waals surface area (Å²) in [6.45, 7) is 11.4. The van der Waals surface area contributed by atoms with E-state index in [2.05, 4.69) is 30.6 Å². The van der Waals surface area contributed by atoms with E-state index in [0.717, 1.165) is 25.6 Å². The standard InChI is InChI=1S/C32H40F2N8O3/c1-19(2)42-21(4)38-30-25(33)16-22(17-27(30)42)29-26(34)18-36-32(40-29)39-28-7-6-24(20(3)37-28)31(43)41-11-8-23(9-12-41)35-10-13-45-15-14-44-5/h6-7,16-19,23,35H,8-15H2,1-5H3,(H,36,37,39,40). The van der Waals surface area contributed by atoms with E-state index in [4.69, 9.17) is 9.47 Å². The third-order valence-electron chi connectivity index (χ3n) is 7.91. The predicted octanol–water partition coefficient (Wildman–Crippen LogP) is 4.97. The maximum Gasteiger partial charge on any atom is 0.255 e. The Labute approximate surface area is 261 Å². The first-order valence-corrected chi connectivity index (χ1v) is 15.2. The number of aryl methyl sites for hydroxylation is 2. The predicted molar refractivity (Wildman–Crippen MR) is 168 cm³/mol. The van der Waals surface area contributed by atoms with Crippen molar-refractivity contribution in [3.63, 3.8) is 0 Å². The number of hydrogen-bond acceptors (Lipinski definition) is 9. The average molecular weight is 623 g/mol. The highest BCUT2D eigenvalue weighted by molar-refractivity contribution is 5.95. The molecule has 45 heavy (non-hydrogen) atoms. The number of carbonyl (C=O) groups is 1. The van der Waals surface area contributed by atoms with E-state index in [1.54, 1.807) is 32.2 Å². The smallest absolute Gasteiger partial charge is 0.255 e. The molecule has 1 amide bonds. The van der Waals surface area contributed by atoms with Gasteiger partial charge in [0.05, 0.1) is 42.8 Å². The molecule has 4 aromatic rings. The van der Waals surface area contributed by atoms with Crippen LogP contribution in [0.25, 0.3) is 22.3 Å². The third-order valence-corrected chi connectivity index (χ3v) is 7.91. The summed E-state index contributed by atoms with van der Waals surface area (Å²) in [6.07, 6.45) is 2.75. The van der Waals surface area contributed by atoms with Gasteiger partial charge in [0.1, 0.15) is 22.9 Å². The Hall–Kier alpha value is -4.07. The number of nitrogens with one attached hydrogen (secondary N) is 2. The maximum absolute atomic E-state index is 15.1. The molecule has 240 valence electrons. The Kier molecular flexibility index (Phi) is 10.3. The highest BCUT2D eigenvalue weighted by Crippen LogP contribution is 2.30. The van der Waals surface area contributed by atoms with Gasteiger partial charge in [-0.2, -0.15) is 0 Å². The number of benzene rings is 1. The topological polar surface area (TPSA) is 119 Å². The second-order valence-corrected chi connectivity index (χ2v) is 11.4. The average Bonchev–Trinajstić information content (AvgIpc) is 3.36. The van der Waals surface area contributed by atoms with Crippen LogP contribution in [0.1, 0.15) is 54.6 Å². The van der Waals surface area contributed by atoms with Gasteiger partial charge in [0.25, 0.3) is 5.91 Å². The van der Waals surface area contributed by atoms with E-state index >= 15 is 4.39 Å². The molecule has 1 aliphatic rings. The molecule has 0 unspecified atom stereocenters. The van der Waals surface area contributed by atoms with Crippen LogP contribution in [0.4, 0.5) is 20.5 Å². The monoisotopic (exact) mass is 622 g/mol. The van der Waals surface area contributed by atoms with E-state index in [1.165, 1.54) is 6.07 Å². The molecule has 1 saturated heterocycles. The van der Waals surface area contributed by atoms with Crippen LogP contribution in [-0.4, -0.2) is 87.9 Å². The first-order valence-electron chi connectivity index (χ1n) is 15.2. The number of rotatable bonds is 12. The minimum absolute atomic E-state index is 0.0344. The Morgan fingerprint density at radius 2 is 1.82 bits per heavy atom. The Morgan fingerprint density at radius 1 is 1.04 bits per heavy atom. The fourth-order valence-corrected chi connectivity index (χ4v) is 5.70. The lowest BCUT2D eigenvalue weighted by atomic mass is 10.0. The molecule has 5 rings (SSSR count). The summed E-state index contributed by atoms with van der Waals surface area (Å²) >= 11 is 0. The van der Waals surface area contributed by atoms with Gasteiger partial charge in [-0.3, -0.25) is 4.79 Å². The normalized spacial score (nSPS) is 14.1. The second kappa shape index (κ2) is 14.4. The molecular weight excluding hydrogens is 582 g/mol. The van der Waals surface area contributed by atoms with Crippen LogP contribution in [-0.2, 0) is 9.47 Å². The number of amides is 1. The quantitative estimate of drug-likeness (QED) is 0.211. The van der Waals surface area contributed by atoms with E-state index in [1.807, 2.05) is 30.2 Å². The molecule has 13 heteroatoms. The van der Waals surface area contributed by atoms with Crippen molar-refractivity contribution < 1.29 is 23.0 Å². The van der Waals surface area contributed by atoms with Crippen molar-refractivity contribution in [3.05, 3.63) is 59.2 Å². The summed E-state index contributed by atoms with van der Waals surface area (Å²) < 4.78 is 42.4.